The van der Waals surface area contributed by atoms with Gasteiger partial charge in [0.15, 0.2) is 0 Å². The molecule has 13 rings (SSSR count). The molecule has 0 saturated carbocycles. The van der Waals surface area contributed by atoms with Gasteiger partial charge in [-0.05, 0) is 125 Å². The Morgan fingerprint density at radius 1 is 0.299 bits per heavy atom. The van der Waals surface area contributed by atoms with Crippen LogP contribution in [0.15, 0.2) is 255 Å². The number of fused-ring (bicyclic) bond motifs is 9. The van der Waals surface area contributed by atoms with Gasteiger partial charge in [-0.1, -0.05) is 231 Å². The van der Waals surface area contributed by atoms with E-state index in [1.54, 1.807) is 0 Å². The molecule has 314 valence electrons. The first kappa shape index (κ1) is 38.9. The summed E-state index contributed by atoms with van der Waals surface area (Å²) in [6, 6.07) is 94.3. The van der Waals surface area contributed by atoms with Crippen molar-refractivity contribution < 1.29 is 0 Å². The molecule has 0 aromatic heterocycles. The van der Waals surface area contributed by atoms with Crippen molar-refractivity contribution in [3.05, 3.63) is 271 Å². The molecule has 0 bridgehead atoms. The number of anilines is 3. The Kier molecular flexibility index (Phi) is 9.05. The third-order valence-electron chi connectivity index (χ3n) is 14.5. The summed E-state index contributed by atoms with van der Waals surface area (Å²) >= 11 is 0. The van der Waals surface area contributed by atoms with Crippen LogP contribution in [0.4, 0.5) is 17.1 Å². The van der Waals surface area contributed by atoms with Crippen LogP contribution in [0.3, 0.4) is 0 Å². The molecule has 0 fully saturated rings. The average Bonchev–Trinajstić information content (AvgIpc) is 3.68. The smallest absolute Gasteiger partial charge is 0.0540 e. The molecule has 67 heavy (non-hydrogen) atoms. The van der Waals surface area contributed by atoms with Gasteiger partial charge in [-0.15, -0.1) is 0 Å². The van der Waals surface area contributed by atoms with Crippen molar-refractivity contribution in [1.82, 2.24) is 0 Å². The second-order valence-electron chi connectivity index (χ2n) is 18.0. The SMILES string of the molecule is CC1(c2ccccc2)c2ccccc2-c2cccc(N(c3ccccc3-c3ccc4c(c3)c(-c3ccccc3)c(-c3ccccc3)c3ccccc34)c3cccc4c3ccc3ccccc34)c21. The first-order valence-corrected chi connectivity index (χ1v) is 23.3. The van der Waals surface area contributed by atoms with Gasteiger partial charge in [0.25, 0.3) is 0 Å². The fraction of sp³-hybridized carbons (Fsp3) is 0.0303. The zero-order valence-corrected chi connectivity index (χ0v) is 37.2. The lowest BCUT2D eigenvalue weighted by Crippen LogP contribution is -2.25. The summed E-state index contributed by atoms with van der Waals surface area (Å²) in [7, 11) is 0. The Labute approximate surface area is 391 Å². The fourth-order valence-electron chi connectivity index (χ4n) is 11.5. The highest BCUT2D eigenvalue weighted by Crippen LogP contribution is 2.58. The van der Waals surface area contributed by atoms with Crippen molar-refractivity contribution in [3.63, 3.8) is 0 Å². The number of rotatable bonds is 7. The molecule has 12 aromatic carbocycles. The van der Waals surface area contributed by atoms with Crippen LogP contribution in [0.5, 0.6) is 0 Å². The molecular weight excluding hydrogens is 807 g/mol. The maximum absolute atomic E-state index is 2.58. The highest BCUT2D eigenvalue weighted by molar-refractivity contribution is 6.22. The van der Waals surface area contributed by atoms with Crippen LogP contribution < -0.4 is 4.90 Å². The second-order valence-corrected chi connectivity index (χ2v) is 18.0. The molecule has 1 unspecified atom stereocenters. The van der Waals surface area contributed by atoms with E-state index in [0.717, 1.165) is 28.2 Å². The van der Waals surface area contributed by atoms with E-state index in [2.05, 4.69) is 267 Å². The van der Waals surface area contributed by atoms with Crippen LogP contribution in [-0.2, 0) is 5.41 Å². The van der Waals surface area contributed by atoms with Gasteiger partial charge in [-0.2, -0.15) is 0 Å². The number of para-hydroxylation sites is 1. The third-order valence-corrected chi connectivity index (χ3v) is 14.5. The summed E-state index contributed by atoms with van der Waals surface area (Å²) in [4.78, 5) is 2.58. The quantitative estimate of drug-likeness (QED) is 0.144. The van der Waals surface area contributed by atoms with Crippen LogP contribution in [0.1, 0.15) is 23.6 Å². The third kappa shape index (κ3) is 6.02. The van der Waals surface area contributed by atoms with E-state index >= 15 is 0 Å². The molecular formula is C66H45N. The van der Waals surface area contributed by atoms with Gasteiger partial charge < -0.3 is 4.90 Å². The van der Waals surface area contributed by atoms with Crippen LogP contribution >= 0.6 is 0 Å². The standard InChI is InChI=1S/C66H45N/c1-66(48-26-9-4-10-27-48)59-35-17-15-31-54(59)57-34-20-38-62(65(57)66)67(61-37-19-33-51-49-28-12-11-21-44(49)39-42-55(51)61)60-36-18-16-29-50(60)47-40-41-53-52-30-13-14-32-56(52)63(45-22-5-2-6-23-45)64(58(53)43-47)46-24-7-3-8-25-46/h2-43H,1H3. The van der Waals surface area contributed by atoms with Crippen LogP contribution in [-0.4, -0.2) is 0 Å². The van der Waals surface area contributed by atoms with Crippen LogP contribution in [0.25, 0.3) is 87.6 Å². The van der Waals surface area contributed by atoms with E-state index in [1.165, 1.54) is 93.2 Å². The number of hydrogen-bond acceptors (Lipinski definition) is 1. The zero-order chi connectivity index (χ0) is 44.5. The summed E-state index contributed by atoms with van der Waals surface area (Å²) in [6.45, 7) is 2.43. The number of benzene rings is 12. The zero-order valence-electron chi connectivity index (χ0n) is 37.2. The van der Waals surface area contributed by atoms with Gasteiger partial charge in [0.1, 0.15) is 0 Å². The molecule has 0 aliphatic heterocycles. The Hall–Kier alpha value is -8.52. The number of hydrogen-bond donors (Lipinski definition) is 0. The molecule has 0 radical (unpaired) electrons. The summed E-state index contributed by atoms with van der Waals surface area (Å²) in [5.74, 6) is 0. The van der Waals surface area contributed by atoms with Gasteiger partial charge in [-0.3, -0.25) is 0 Å². The largest absolute Gasteiger partial charge is 0.309 e. The van der Waals surface area contributed by atoms with Gasteiger partial charge in [0, 0.05) is 16.4 Å². The van der Waals surface area contributed by atoms with Gasteiger partial charge >= 0.3 is 0 Å². The first-order valence-electron chi connectivity index (χ1n) is 23.3. The lowest BCUT2D eigenvalue weighted by atomic mass is 9.73. The molecule has 0 saturated heterocycles. The lowest BCUT2D eigenvalue weighted by molar-refractivity contribution is 0.714. The minimum Gasteiger partial charge on any atom is -0.309 e. The van der Waals surface area contributed by atoms with Gasteiger partial charge in [0.05, 0.1) is 17.1 Å². The van der Waals surface area contributed by atoms with Crippen molar-refractivity contribution in [2.45, 2.75) is 12.3 Å². The first-order chi connectivity index (χ1) is 33.2. The van der Waals surface area contributed by atoms with Gasteiger partial charge in [-0.25, -0.2) is 0 Å². The molecule has 0 spiro atoms. The summed E-state index contributed by atoms with van der Waals surface area (Å²) in [6.07, 6.45) is 0. The predicted molar refractivity (Wildman–Crippen MR) is 285 cm³/mol. The summed E-state index contributed by atoms with van der Waals surface area (Å²) in [5, 5.41) is 9.90. The predicted octanol–water partition coefficient (Wildman–Crippen LogP) is 18.1. The molecule has 1 nitrogen and oxygen atoms in total. The normalized spacial score (nSPS) is 14.1. The minimum absolute atomic E-state index is 0.434. The second kappa shape index (κ2) is 15.6. The monoisotopic (exact) mass is 851 g/mol. The highest BCUT2D eigenvalue weighted by atomic mass is 15.2. The van der Waals surface area contributed by atoms with Crippen molar-refractivity contribution in [2.24, 2.45) is 0 Å². The summed E-state index contributed by atoms with van der Waals surface area (Å²) in [5.41, 5.74) is 16.7. The van der Waals surface area contributed by atoms with E-state index in [1.807, 2.05) is 0 Å². The van der Waals surface area contributed by atoms with Crippen molar-refractivity contribution in [1.29, 1.82) is 0 Å². The minimum atomic E-state index is -0.434. The maximum Gasteiger partial charge on any atom is 0.0540 e. The molecule has 1 aliphatic carbocycles. The highest BCUT2D eigenvalue weighted by Gasteiger charge is 2.43. The Morgan fingerprint density at radius 3 is 1.58 bits per heavy atom. The van der Waals surface area contributed by atoms with Crippen LogP contribution in [0, 0.1) is 0 Å². The molecule has 1 heteroatoms. The van der Waals surface area contributed by atoms with Crippen molar-refractivity contribution in [2.75, 3.05) is 4.90 Å². The van der Waals surface area contributed by atoms with E-state index in [9.17, 15) is 0 Å². The van der Waals surface area contributed by atoms with Gasteiger partial charge in [0.2, 0.25) is 0 Å². The molecule has 0 heterocycles. The molecule has 12 aromatic rings. The van der Waals surface area contributed by atoms with Crippen molar-refractivity contribution in [3.8, 4) is 44.5 Å². The molecule has 0 N–H and O–H groups in total. The van der Waals surface area contributed by atoms with Crippen LogP contribution in [0.2, 0.25) is 0 Å². The maximum atomic E-state index is 2.58. The van der Waals surface area contributed by atoms with E-state index in [0.29, 0.717) is 0 Å². The number of nitrogens with zero attached hydrogens (tertiary/aromatic N) is 1. The lowest BCUT2D eigenvalue weighted by Gasteiger charge is -2.36. The van der Waals surface area contributed by atoms with E-state index in [-0.39, 0.29) is 0 Å². The Morgan fingerprint density at radius 2 is 0.806 bits per heavy atom. The Bertz CT molecular complexity index is 3870. The molecule has 1 aliphatic rings. The van der Waals surface area contributed by atoms with E-state index < -0.39 is 5.41 Å². The fourth-order valence-corrected chi connectivity index (χ4v) is 11.5. The Balaban J connectivity index is 1.13. The average molecular weight is 852 g/mol. The van der Waals surface area contributed by atoms with Crippen molar-refractivity contribution >= 4 is 60.2 Å². The van der Waals surface area contributed by atoms with E-state index in [4.69, 9.17) is 0 Å². The summed E-state index contributed by atoms with van der Waals surface area (Å²) < 4.78 is 0. The topological polar surface area (TPSA) is 3.24 Å². The molecule has 1 atom stereocenters. The molecule has 0 amide bonds.